The number of rotatable bonds is 5. The molecule has 0 aliphatic rings. The van der Waals surface area contributed by atoms with Crippen LogP contribution >= 0.6 is 0 Å². The van der Waals surface area contributed by atoms with Gasteiger partial charge in [-0.05, 0) is 68.7 Å². The monoisotopic (exact) mass is 376 g/mol. The Kier molecular flexibility index (Phi) is 5.59. The molecule has 1 aromatic heterocycles. The number of nitrogens with zero attached hydrogens (tertiary/aromatic N) is 2. The number of aryl methyl sites for hydroxylation is 4. The van der Waals surface area contributed by atoms with Gasteiger partial charge < -0.3 is 15.4 Å². The second-order valence-electron chi connectivity index (χ2n) is 6.77. The Hall–Kier alpha value is -3.41. The zero-order chi connectivity index (χ0) is 20.3. The fraction of sp³-hybridized carbons (Fsp3) is 0.227. The number of carbonyl (C=O) groups is 1. The molecule has 3 rings (SSSR count). The Balaban J connectivity index is 1.86. The second-order valence-corrected chi connectivity index (χ2v) is 6.77. The highest BCUT2D eigenvalue weighted by Crippen LogP contribution is 2.28. The van der Waals surface area contributed by atoms with Gasteiger partial charge in [-0.15, -0.1) is 0 Å². The van der Waals surface area contributed by atoms with Gasteiger partial charge in [-0.2, -0.15) is 0 Å². The van der Waals surface area contributed by atoms with Crippen molar-refractivity contribution in [1.29, 1.82) is 0 Å². The fourth-order valence-corrected chi connectivity index (χ4v) is 2.82. The summed E-state index contributed by atoms with van der Waals surface area (Å²) in [6.07, 6.45) is 0. The Morgan fingerprint density at radius 3 is 2.43 bits per heavy atom. The van der Waals surface area contributed by atoms with Crippen molar-refractivity contribution in [2.45, 2.75) is 27.7 Å². The molecule has 6 nitrogen and oxygen atoms in total. The molecule has 0 radical (unpaired) electrons. The summed E-state index contributed by atoms with van der Waals surface area (Å²) in [5.74, 6) is 1.44. The zero-order valence-electron chi connectivity index (χ0n) is 16.8. The van der Waals surface area contributed by atoms with Crippen LogP contribution in [0.5, 0.6) is 5.75 Å². The van der Waals surface area contributed by atoms with Gasteiger partial charge in [0.15, 0.2) is 0 Å². The number of amides is 1. The number of benzene rings is 2. The largest absolute Gasteiger partial charge is 0.495 e. The number of hydrogen-bond acceptors (Lipinski definition) is 5. The van der Waals surface area contributed by atoms with Gasteiger partial charge in [0.05, 0.1) is 12.8 Å². The van der Waals surface area contributed by atoms with Crippen molar-refractivity contribution in [3.05, 3.63) is 70.7 Å². The van der Waals surface area contributed by atoms with E-state index >= 15 is 0 Å². The van der Waals surface area contributed by atoms with Crippen LogP contribution in [0.4, 0.5) is 17.2 Å². The van der Waals surface area contributed by atoms with Crippen molar-refractivity contribution in [2.24, 2.45) is 0 Å². The van der Waals surface area contributed by atoms with Crippen LogP contribution in [-0.4, -0.2) is 23.0 Å². The van der Waals surface area contributed by atoms with E-state index in [4.69, 9.17) is 4.74 Å². The molecule has 1 heterocycles. The Labute approximate surface area is 165 Å². The first-order chi connectivity index (χ1) is 13.4. The van der Waals surface area contributed by atoms with Crippen molar-refractivity contribution >= 4 is 23.1 Å². The van der Waals surface area contributed by atoms with E-state index in [-0.39, 0.29) is 5.91 Å². The summed E-state index contributed by atoms with van der Waals surface area (Å²) in [7, 11) is 1.61. The molecule has 6 heteroatoms. The molecule has 2 aromatic carbocycles. The molecule has 0 spiro atoms. The van der Waals surface area contributed by atoms with Gasteiger partial charge >= 0.3 is 0 Å². The predicted molar refractivity (Wildman–Crippen MR) is 112 cm³/mol. The molecule has 28 heavy (non-hydrogen) atoms. The molecular weight excluding hydrogens is 352 g/mol. The fourth-order valence-electron chi connectivity index (χ4n) is 2.82. The summed E-state index contributed by atoms with van der Waals surface area (Å²) in [5.41, 5.74) is 5.18. The normalized spacial score (nSPS) is 10.5. The molecule has 1 amide bonds. The van der Waals surface area contributed by atoms with E-state index in [1.54, 1.807) is 20.1 Å². The molecule has 3 aromatic rings. The van der Waals surface area contributed by atoms with Crippen LogP contribution in [0.15, 0.2) is 42.5 Å². The third-order valence-electron chi connectivity index (χ3n) is 4.45. The smallest absolute Gasteiger partial charge is 0.274 e. The SMILES string of the molecule is COc1ccc(C)cc1Nc1cc(C(=O)Nc2ccc(C)c(C)c2)nc(C)n1. The second kappa shape index (κ2) is 8.08. The van der Waals surface area contributed by atoms with Gasteiger partial charge in [0, 0.05) is 11.8 Å². The zero-order valence-corrected chi connectivity index (χ0v) is 16.8. The number of methoxy groups -OCH3 is 1. The number of hydrogen-bond donors (Lipinski definition) is 2. The van der Waals surface area contributed by atoms with Crippen molar-refractivity contribution in [2.75, 3.05) is 17.7 Å². The average molecular weight is 376 g/mol. The molecule has 0 bridgehead atoms. The Morgan fingerprint density at radius 1 is 0.929 bits per heavy atom. The minimum absolute atomic E-state index is 0.284. The number of nitrogens with one attached hydrogen (secondary N) is 2. The summed E-state index contributed by atoms with van der Waals surface area (Å²) in [6, 6.07) is 13.3. The summed E-state index contributed by atoms with van der Waals surface area (Å²) in [5, 5.41) is 6.12. The lowest BCUT2D eigenvalue weighted by atomic mass is 10.1. The average Bonchev–Trinajstić information content (AvgIpc) is 2.64. The van der Waals surface area contributed by atoms with Gasteiger partial charge in [0.2, 0.25) is 0 Å². The summed E-state index contributed by atoms with van der Waals surface area (Å²) >= 11 is 0. The first-order valence-corrected chi connectivity index (χ1v) is 9.01. The van der Waals surface area contributed by atoms with E-state index in [0.29, 0.717) is 23.1 Å². The van der Waals surface area contributed by atoms with Crippen LogP contribution in [0.25, 0.3) is 0 Å². The molecule has 144 valence electrons. The number of aromatic nitrogens is 2. The van der Waals surface area contributed by atoms with E-state index in [1.807, 2.05) is 57.2 Å². The van der Waals surface area contributed by atoms with Gasteiger partial charge in [0.1, 0.15) is 23.1 Å². The minimum atomic E-state index is -0.284. The highest BCUT2D eigenvalue weighted by Gasteiger charge is 2.13. The van der Waals surface area contributed by atoms with E-state index in [1.165, 1.54) is 5.56 Å². The maximum absolute atomic E-state index is 12.7. The molecular formula is C22H24N4O2. The molecule has 0 saturated carbocycles. The van der Waals surface area contributed by atoms with Gasteiger partial charge in [-0.25, -0.2) is 9.97 Å². The highest BCUT2D eigenvalue weighted by molar-refractivity contribution is 6.03. The number of carbonyl (C=O) groups excluding carboxylic acids is 1. The third-order valence-corrected chi connectivity index (χ3v) is 4.45. The highest BCUT2D eigenvalue weighted by atomic mass is 16.5. The molecule has 0 atom stereocenters. The Bertz CT molecular complexity index is 1030. The first-order valence-electron chi connectivity index (χ1n) is 9.01. The molecule has 0 saturated heterocycles. The Morgan fingerprint density at radius 2 is 1.71 bits per heavy atom. The third kappa shape index (κ3) is 4.46. The van der Waals surface area contributed by atoms with Crippen LogP contribution in [0.2, 0.25) is 0 Å². The van der Waals surface area contributed by atoms with Gasteiger partial charge in [-0.1, -0.05) is 12.1 Å². The molecule has 0 unspecified atom stereocenters. The first kappa shape index (κ1) is 19.4. The van der Waals surface area contributed by atoms with Crippen LogP contribution < -0.4 is 15.4 Å². The van der Waals surface area contributed by atoms with Crippen molar-refractivity contribution < 1.29 is 9.53 Å². The topological polar surface area (TPSA) is 76.1 Å². The summed E-state index contributed by atoms with van der Waals surface area (Å²) in [4.78, 5) is 21.4. The lowest BCUT2D eigenvalue weighted by molar-refractivity contribution is 0.102. The standard InChI is InChI=1S/C22H24N4O2/c1-13-6-9-20(28-5)18(10-13)26-21-12-19(23-16(4)24-21)22(27)25-17-8-7-14(2)15(3)11-17/h6-12H,1-5H3,(H,25,27)(H,23,24,26). The quantitative estimate of drug-likeness (QED) is 0.674. The van der Waals surface area contributed by atoms with Gasteiger partial charge in [0.25, 0.3) is 5.91 Å². The number of anilines is 3. The maximum atomic E-state index is 12.7. The summed E-state index contributed by atoms with van der Waals surface area (Å²) < 4.78 is 5.40. The molecule has 2 N–H and O–H groups in total. The van der Waals surface area contributed by atoms with Crippen molar-refractivity contribution in [3.63, 3.8) is 0 Å². The molecule has 0 aliphatic heterocycles. The van der Waals surface area contributed by atoms with E-state index in [0.717, 1.165) is 22.5 Å². The summed E-state index contributed by atoms with van der Waals surface area (Å²) in [6.45, 7) is 7.80. The maximum Gasteiger partial charge on any atom is 0.274 e. The van der Waals surface area contributed by atoms with Crippen LogP contribution in [0.1, 0.15) is 33.0 Å². The number of ether oxygens (including phenoxy) is 1. The van der Waals surface area contributed by atoms with Gasteiger partial charge in [-0.3, -0.25) is 4.79 Å². The van der Waals surface area contributed by atoms with Crippen molar-refractivity contribution in [3.8, 4) is 5.75 Å². The molecule has 0 aliphatic carbocycles. The van der Waals surface area contributed by atoms with E-state index in [9.17, 15) is 4.79 Å². The van der Waals surface area contributed by atoms with E-state index < -0.39 is 0 Å². The molecule has 0 fully saturated rings. The van der Waals surface area contributed by atoms with E-state index in [2.05, 4.69) is 20.6 Å². The van der Waals surface area contributed by atoms with Crippen LogP contribution in [0, 0.1) is 27.7 Å². The van der Waals surface area contributed by atoms with Crippen molar-refractivity contribution in [1.82, 2.24) is 9.97 Å². The lowest BCUT2D eigenvalue weighted by Gasteiger charge is -2.13. The van der Waals surface area contributed by atoms with Crippen LogP contribution in [-0.2, 0) is 0 Å². The van der Waals surface area contributed by atoms with Crippen LogP contribution in [0.3, 0.4) is 0 Å². The predicted octanol–water partition coefficient (Wildman–Crippen LogP) is 4.71. The lowest BCUT2D eigenvalue weighted by Crippen LogP contribution is -2.15. The minimum Gasteiger partial charge on any atom is -0.495 e.